The number of nitro groups is 1. The van der Waals surface area contributed by atoms with Crippen LogP contribution in [-0.2, 0) is 12.8 Å². The molecule has 8 nitrogen and oxygen atoms in total. The van der Waals surface area contributed by atoms with Crippen molar-refractivity contribution in [3.05, 3.63) is 40.5 Å². The van der Waals surface area contributed by atoms with Crippen molar-refractivity contribution in [2.45, 2.75) is 10.9 Å². The van der Waals surface area contributed by atoms with Crippen LogP contribution in [0.25, 0.3) is 11.1 Å². The van der Waals surface area contributed by atoms with Gasteiger partial charge in [0, 0.05) is 19.2 Å². The maximum absolute atomic E-state index is 10.7. The molecule has 0 unspecified atom stereocenters. The van der Waals surface area contributed by atoms with E-state index in [-0.39, 0.29) is 5.69 Å². The summed E-state index contributed by atoms with van der Waals surface area (Å²) in [5.41, 5.74) is 1.01. The molecule has 0 aliphatic heterocycles. The van der Waals surface area contributed by atoms with Crippen molar-refractivity contribution in [1.82, 2.24) is 19.7 Å². The monoisotopic (exact) mass is 291 g/mol. The molecule has 0 saturated heterocycles. The van der Waals surface area contributed by atoms with Gasteiger partial charge in [0.2, 0.25) is 5.89 Å². The Balaban J connectivity index is 1.82. The number of nitrogens with zero attached hydrogens (tertiary/aromatic N) is 5. The van der Waals surface area contributed by atoms with E-state index in [1.54, 1.807) is 17.8 Å². The number of thioether (sulfide) groups is 1. The van der Waals surface area contributed by atoms with Gasteiger partial charge in [0.05, 0.1) is 10.7 Å². The van der Waals surface area contributed by atoms with E-state index in [9.17, 15) is 10.1 Å². The molecule has 20 heavy (non-hydrogen) atoms. The van der Waals surface area contributed by atoms with E-state index in [0.29, 0.717) is 22.7 Å². The predicted molar refractivity (Wildman–Crippen MR) is 71.2 cm³/mol. The van der Waals surface area contributed by atoms with E-state index >= 15 is 0 Å². The summed E-state index contributed by atoms with van der Waals surface area (Å²) in [4.78, 5) is 18.6. The van der Waals surface area contributed by atoms with E-state index in [1.807, 2.05) is 0 Å². The van der Waals surface area contributed by atoms with Crippen LogP contribution in [0.1, 0.15) is 5.89 Å². The van der Waals surface area contributed by atoms with Gasteiger partial charge in [-0.2, -0.15) is 5.10 Å². The summed E-state index contributed by atoms with van der Waals surface area (Å²) in [7, 11) is 1.80. The van der Waals surface area contributed by atoms with E-state index in [2.05, 4.69) is 15.1 Å². The van der Waals surface area contributed by atoms with Crippen LogP contribution in [0.4, 0.5) is 5.69 Å². The minimum absolute atomic E-state index is 0.00157. The van der Waals surface area contributed by atoms with Gasteiger partial charge in [-0.25, -0.2) is 14.6 Å². The topological polar surface area (TPSA) is 99.9 Å². The first-order valence-corrected chi connectivity index (χ1v) is 6.63. The van der Waals surface area contributed by atoms with Crippen LogP contribution in [0.5, 0.6) is 0 Å². The van der Waals surface area contributed by atoms with E-state index in [0.717, 1.165) is 5.16 Å². The second kappa shape index (κ2) is 4.93. The van der Waals surface area contributed by atoms with Gasteiger partial charge < -0.3 is 4.42 Å². The summed E-state index contributed by atoms with van der Waals surface area (Å²) in [5.74, 6) is 0.975. The lowest BCUT2D eigenvalue weighted by atomic mass is 10.3. The molecule has 3 aromatic rings. The van der Waals surface area contributed by atoms with Gasteiger partial charge in [0.1, 0.15) is 11.8 Å². The molecule has 0 amide bonds. The number of aromatic nitrogens is 4. The Morgan fingerprint density at radius 3 is 3.05 bits per heavy atom. The highest BCUT2D eigenvalue weighted by Gasteiger charge is 2.12. The number of oxazole rings is 1. The van der Waals surface area contributed by atoms with E-state index < -0.39 is 4.92 Å². The van der Waals surface area contributed by atoms with Crippen LogP contribution in [-0.4, -0.2) is 24.7 Å². The van der Waals surface area contributed by atoms with Crippen molar-refractivity contribution >= 4 is 28.5 Å². The number of benzene rings is 1. The fourth-order valence-corrected chi connectivity index (χ4v) is 2.41. The average molecular weight is 291 g/mol. The van der Waals surface area contributed by atoms with Crippen LogP contribution in [0, 0.1) is 10.1 Å². The van der Waals surface area contributed by atoms with E-state index in [1.165, 1.54) is 30.2 Å². The van der Waals surface area contributed by atoms with Crippen molar-refractivity contribution in [2.24, 2.45) is 7.05 Å². The molecule has 3 rings (SSSR count). The number of fused-ring (bicyclic) bond motifs is 1. The first kappa shape index (κ1) is 12.6. The molecule has 0 saturated carbocycles. The molecule has 2 aromatic heterocycles. The molecular formula is C11H9N5O3S. The normalized spacial score (nSPS) is 11.1. The largest absolute Gasteiger partial charge is 0.440 e. The second-order valence-corrected chi connectivity index (χ2v) is 4.91. The van der Waals surface area contributed by atoms with Crippen LogP contribution in [0.2, 0.25) is 0 Å². The lowest BCUT2D eigenvalue weighted by molar-refractivity contribution is -0.384. The van der Waals surface area contributed by atoms with Crippen LogP contribution >= 0.6 is 11.8 Å². The highest BCUT2D eigenvalue weighted by atomic mass is 32.2. The Labute approximate surface area is 117 Å². The van der Waals surface area contributed by atoms with Crippen LogP contribution < -0.4 is 0 Å². The summed E-state index contributed by atoms with van der Waals surface area (Å²) in [5, 5.41) is 15.4. The van der Waals surface area contributed by atoms with Gasteiger partial charge in [0.15, 0.2) is 10.7 Å². The van der Waals surface area contributed by atoms with Crippen LogP contribution in [0.15, 0.2) is 34.1 Å². The van der Waals surface area contributed by atoms with Crippen molar-refractivity contribution in [1.29, 1.82) is 0 Å². The molecular weight excluding hydrogens is 282 g/mol. The zero-order valence-electron chi connectivity index (χ0n) is 10.4. The van der Waals surface area contributed by atoms with Crippen molar-refractivity contribution in [2.75, 3.05) is 0 Å². The third-order valence-corrected chi connectivity index (χ3v) is 3.64. The first-order valence-electron chi connectivity index (χ1n) is 5.64. The Bertz CT molecular complexity index is 781. The lowest BCUT2D eigenvalue weighted by Crippen LogP contribution is -1.93. The number of aryl methyl sites for hydroxylation is 1. The average Bonchev–Trinajstić information content (AvgIpc) is 3.00. The Morgan fingerprint density at radius 1 is 1.50 bits per heavy atom. The van der Waals surface area contributed by atoms with Gasteiger partial charge in [-0.3, -0.25) is 10.1 Å². The molecule has 0 aliphatic rings. The number of rotatable bonds is 4. The lowest BCUT2D eigenvalue weighted by Gasteiger charge is -1.96. The quantitative estimate of drug-likeness (QED) is 0.412. The number of hydrogen-bond donors (Lipinski definition) is 0. The van der Waals surface area contributed by atoms with E-state index in [4.69, 9.17) is 4.42 Å². The fourth-order valence-electron chi connectivity index (χ4n) is 1.68. The molecule has 0 radical (unpaired) electrons. The molecule has 0 N–H and O–H groups in total. The van der Waals surface area contributed by atoms with Gasteiger partial charge in [-0.1, -0.05) is 11.8 Å². The maximum atomic E-state index is 10.7. The number of non-ortho nitro benzene ring substituents is 1. The van der Waals surface area contributed by atoms with Gasteiger partial charge in [-0.05, 0) is 6.07 Å². The smallest absolute Gasteiger partial charge is 0.271 e. The first-order chi connectivity index (χ1) is 9.63. The summed E-state index contributed by atoms with van der Waals surface area (Å²) in [6.07, 6.45) is 1.47. The highest BCUT2D eigenvalue weighted by molar-refractivity contribution is 7.98. The minimum atomic E-state index is -0.456. The molecule has 0 bridgehead atoms. The maximum Gasteiger partial charge on any atom is 0.271 e. The highest BCUT2D eigenvalue weighted by Crippen LogP contribution is 2.25. The third kappa shape index (κ3) is 2.35. The summed E-state index contributed by atoms with van der Waals surface area (Å²) >= 11 is 1.43. The molecule has 9 heteroatoms. The number of hydrogen-bond acceptors (Lipinski definition) is 7. The second-order valence-electron chi connectivity index (χ2n) is 3.97. The molecule has 0 aliphatic carbocycles. The van der Waals surface area contributed by atoms with Crippen molar-refractivity contribution < 1.29 is 9.34 Å². The summed E-state index contributed by atoms with van der Waals surface area (Å²) in [6, 6.07) is 4.35. The van der Waals surface area contributed by atoms with Crippen LogP contribution in [0.3, 0.4) is 0 Å². The molecule has 2 heterocycles. The Kier molecular flexibility index (Phi) is 3.11. The Morgan fingerprint density at radius 2 is 2.35 bits per heavy atom. The fraction of sp³-hybridized carbons (Fsp3) is 0.182. The summed E-state index contributed by atoms with van der Waals surface area (Å²) < 4.78 is 7.18. The Hall–Kier alpha value is -2.42. The number of nitro benzene ring substituents is 1. The summed E-state index contributed by atoms with van der Waals surface area (Å²) in [6.45, 7) is 0. The molecule has 0 atom stereocenters. The molecule has 102 valence electrons. The van der Waals surface area contributed by atoms with Gasteiger partial charge in [-0.15, -0.1) is 0 Å². The zero-order valence-corrected chi connectivity index (χ0v) is 11.2. The van der Waals surface area contributed by atoms with Gasteiger partial charge in [0.25, 0.3) is 5.69 Å². The molecule has 0 spiro atoms. The SMILES string of the molecule is Cn1ncnc1SCc1nc2cc([N+](=O)[O-])ccc2o1. The van der Waals surface area contributed by atoms with Crippen molar-refractivity contribution in [3.8, 4) is 0 Å². The van der Waals surface area contributed by atoms with Gasteiger partial charge >= 0.3 is 0 Å². The molecule has 1 aromatic carbocycles. The standard InChI is InChI=1S/C11H9N5O3S/c1-15-11(12-6-13-15)20-5-10-14-8-4-7(16(17)18)2-3-9(8)19-10/h2-4,6H,5H2,1H3. The van der Waals surface area contributed by atoms with Crippen molar-refractivity contribution in [3.63, 3.8) is 0 Å². The zero-order chi connectivity index (χ0) is 14.1. The molecule has 0 fully saturated rings. The third-order valence-electron chi connectivity index (χ3n) is 2.62. The predicted octanol–water partition coefficient (Wildman–Crippen LogP) is 2.16. The minimum Gasteiger partial charge on any atom is -0.440 e.